The van der Waals surface area contributed by atoms with Gasteiger partial charge in [-0.15, -0.1) is 0 Å². The second-order valence-electron chi connectivity index (χ2n) is 24.2. The first-order valence-corrected chi connectivity index (χ1v) is 30.1. The Labute approximate surface area is 448 Å². The van der Waals surface area contributed by atoms with Crippen molar-refractivity contribution in [2.24, 2.45) is 17.3 Å². The molecule has 2 aromatic heterocycles. The van der Waals surface area contributed by atoms with Crippen LogP contribution in [0.1, 0.15) is 208 Å². The van der Waals surface area contributed by atoms with Gasteiger partial charge in [-0.05, 0) is 111 Å². The van der Waals surface area contributed by atoms with Gasteiger partial charge in [0.25, 0.3) is 5.91 Å². The average molecular weight is 1020 g/mol. The maximum Gasteiger partial charge on any atom is 0.303 e. The van der Waals surface area contributed by atoms with E-state index in [0.29, 0.717) is 42.2 Å². The van der Waals surface area contributed by atoms with Crippen LogP contribution in [-0.2, 0) is 4.79 Å². The fourth-order valence-corrected chi connectivity index (χ4v) is 12.5. The van der Waals surface area contributed by atoms with Crippen LogP contribution in [0.3, 0.4) is 0 Å². The first-order valence-electron chi connectivity index (χ1n) is 30.1. The summed E-state index contributed by atoms with van der Waals surface area (Å²) in [7, 11) is 1.68. The van der Waals surface area contributed by atoms with Gasteiger partial charge in [0.15, 0.2) is 0 Å². The van der Waals surface area contributed by atoms with Crippen LogP contribution < -0.4 is 19.3 Å². The first-order chi connectivity index (χ1) is 36.0. The van der Waals surface area contributed by atoms with E-state index in [1.807, 2.05) is 60.4 Å². The van der Waals surface area contributed by atoms with Crippen LogP contribution in [0.4, 0.5) is 11.5 Å². The number of carboxylic acids is 1. The number of piperidine rings is 1. The van der Waals surface area contributed by atoms with Crippen molar-refractivity contribution in [1.29, 1.82) is 0 Å². The lowest BCUT2D eigenvalue weighted by Crippen LogP contribution is -2.67. The minimum Gasteiger partial charge on any atom is -0.497 e. The van der Waals surface area contributed by atoms with E-state index in [4.69, 9.17) is 14.5 Å². The molecule has 74 heavy (non-hydrogen) atoms. The number of piperazine rings is 3. The zero-order valence-corrected chi connectivity index (χ0v) is 46.9. The molecule has 4 saturated heterocycles. The number of unbranched alkanes of at least 4 members (excludes halogenated alkanes) is 19. The Morgan fingerprint density at radius 2 is 1.32 bits per heavy atom. The Bertz CT molecular complexity index is 2110. The number of aromatic nitrogens is 2. The summed E-state index contributed by atoms with van der Waals surface area (Å²) in [6.07, 6.45) is 34.7. The van der Waals surface area contributed by atoms with Gasteiger partial charge in [-0.25, -0.2) is 9.97 Å². The second-order valence-corrected chi connectivity index (χ2v) is 24.2. The molecule has 5 aliphatic rings. The smallest absolute Gasteiger partial charge is 0.303 e. The van der Waals surface area contributed by atoms with Gasteiger partial charge in [0, 0.05) is 63.3 Å². The van der Waals surface area contributed by atoms with Crippen LogP contribution in [0.5, 0.6) is 11.6 Å². The molecular formula is C63H99N6O5+. The summed E-state index contributed by atoms with van der Waals surface area (Å²) >= 11 is 0. The summed E-state index contributed by atoms with van der Waals surface area (Å²) in [6, 6.07) is 15.7. The lowest BCUT2D eigenvalue weighted by molar-refractivity contribution is -0.941. The molecule has 0 radical (unpaired) electrons. The van der Waals surface area contributed by atoms with Crippen molar-refractivity contribution >= 4 is 23.4 Å². The number of fused-ring (bicyclic) bond motifs is 3. The van der Waals surface area contributed by atoms with Crippen LogP contribution in [-0.4, -0.2) is 115 Å². The number of aryl methyl sites for hydroxylation is 1. The number of benzene rings is 1. The molecule has 5 fully saturated rings. The van der Waals surface area contributed by atoms with Crippen LogP contribution in [0.15, 0.2) is 54.7 Å². The largest absolute Gasteiger partial charge is 0.497 e. The van der Waals surface area contributed by atoms with Crippen molar-refractivity contribution in [3.63, 3.8) is 0 Å². The molecule has 11 nitrogen and oxygen atoms in total. The summed E-state index contributed by atoms with van der Waals surface area (Å²) < 4.78 is 13.4. The van der Waals surface area contributed by atoms with Crippen molar-refractivity contribution in [1.82, 2.24) is 14.9 Å². The Kier molecular flexibility index (Phi) is 23.2. The Hall–Kier alpha value is -4.22. The zero-order valence-electron chi connectivity index (χ0n) is 46.9. The molecule has 1 amide bonds. The molecular weight excluding hydrogens is 921 g/mol. The van der Waals surface area contributed by atoms with Crippen LogP contribution in [0.25, 0.3) is 0 Å². The molecule has 6 heterocycles. The maximum absolute atomic E-state index is 15.0. The van der Waals surface area contributed by atoms with Gasteiger partial charge in [0.2, 0.25) is 5.88 Å². The van der Waals surface area contributed by atoms with E-state index in [2.05, 4.69) is 28.6 Å². The Morgan fingerprint density at radius 1 is 0.743 bits per heavy atom. The molecule has 1 N–H and O–H groups in total. The van der Waals surface area contributed by atoms with Crippen molar-refractivity contribution < 1.29 is 28.7 Å². The number of methoxy groups -OCH3 is 1. The molecule has 3 aromatic rings. The number of pyridine rings is 2. The fraction of sp³-hybridized carbons (Fsp3) is 0.714. The lowest BCUT2D eigenvalue weighted by Gasteiger charge is -2.50. The second kappa shape index (κ2) is 29.9. The van der Waals surface area contributed by atoms with Gasteiger partial charge in [0.05, 0.1) is 57.6 Å². The molecule has 0 spiro atoms. The highest BCUT2D eigenvalue weighted by atomic mass is 16.5. The molecule has 1 aromatic carbocycles. The van der Waals surface area contributed by atoms with E-state index in [1.165, 1.54) is 172 Å². The number of aliphatic carboxylic acids is 1. The van der Waals surface area contributed by atoms with Crippen molar-refractivity contribution in [3.8, 4) is 11.6 Å². The summed E-state index contributed by atoms with van der Waals surface area (Å²) in [5.74, 6) is 1.95. The Morgan fingerprint density at radius 3 is 1.88 bits per heavy atom. The van der Waals surface area contributed by atoms with Gasteiger partial charge < -0.3 is 24.0 Å². The Balaban J connectivity index is 0.760. The number of quaternary nitrogens is 1. The number of hydrogen-bond donors (Lipinski definition) is 1. The van der Waals surface area contributed by atoms with Gasteiger partial charge in [0.1, 0.15) is 11.6 Å². The molecule has 1 saturated carbocycles. The molecule has 4 aliphatic heterocycles. The van der Waals surface area contributed by atoms with Gasteiger partial charge in [-0.2, -0.15) is 0 Å². The quantitative estimate of drug-likeness (QED) is 0.0450. The average Bonchev–Trinajstić information content (AvgIpc) is 4.26. The number of carbonyl (C=O) groups is 2. The van der Waals surface area contributed by atoms with E-state index in [-0.39, 0.29) is 23.7 Å². The lowest BCUT2D eigenvalue weighted by atomic mass is 9.85. The molecule has 8 rings (SSSR count). The van der Waals surface area contributed by atoms with E-state index in [9.17, 15) is 14.7 Å². The zero-order chi connectivity index (χ0) is 52.0. The van der Waals surface area contributed by atoms with E-state index >= 15 is 0 Å². The van der Waals surface area contributed by atoms with E-state index < -0.39 is 5.97 Å². The molecule has 1 atom stereocenters. The van der Waals surface area contributed by atoms with Crippen molar-refractivity contribution in [3.05, 3.63) is 71.5 Å². The van der Waals surface area contributed by atoms with Crippen molar-refractivity contribution in [2.75, 3.05) is 89.0 Å². The topological polar surface area (TPSA) is 108 Å². The number of amides is 1. The number of nitrogens with zero attached hydrogens (tertiary/aromatic N) is 6. The predicted molar refractivity (Wildman–Crippen MR) is 303 cm³/mol. The number of carboxylic acid groups (broad SMARTS) is 1. The third-order valence-corrected chi connectivity index (χ3v) is 17.5. The molecule has 2 bridgehead atoms. The number of anilines is 2. The summed E-state index contributed by atoms with van der Waals surface area (Å²) in [5, 5.41) is 9.53. The molecule has 1 aliphatic carbocycles. The maximum atomic E-state index is 15.0. The van der Waals surface area contributed by atoms with Crippen LogP contribution in [0.2, 0.25) is 0 Å². The third kappa shape index (κ3) is 18.8. The van der Waals surface area contributed by atoms with E-state index in [0.717, 1.165) is 74.3 Å². The highest BCUT2D eigenvalue weighted by molar-refractivity contribution is 6.09. The number of carbonyl (C=O) groups excluding carboxylic acids is 1. The molecule has 410 valence electrons. The summed E-state index contributed by atoms with van der Waals surface area (Å²) in [5.41, 5.74) is 3.36. The van der Waals surface area contributed by atoms with Crippen LogP contribution in [0, 0.1) is 24.2 Å². The number of hydrogen-bond acceptors (Lipinski definition) is 8. The van der Waals surface area contributed by atoms with Crippen LogP contribution >= 0.6 is 0 Å². The highest BCUT2D eigenvalue weighted by Gasteiger charge is 2.38. The number of rotatable bonds is 36. The monoisotopic (exact) mass is 1020 g/mol. The van der Waals surface area contributed by atoms with Crippen molar-refractivity contribution in [2.45, 2.75) is 194 Å². The third-order valence-electron chi connectivity index (χ3n) is 17.5. The SMILES string of the molecule is COc1ccc(C(=O)N(CC(C)(C)CCCCCCCCCCCCCCCCCCCCCC[N+]23CCN(CC2)CC3)c2cccc(C)n2)c(N2CCC(COc3cc([C@@H](CC(=O)O)C4CC4)ccn3)CC2)c1. The molecule has 11 heteroatoms. The van der Waals surface area contributed by atoms with E-state index in [1.54, 1.807) is 13.3 Å². The summed E-state index contributed by atoms with van der Waals surface area (Å²) in [6.45, 7) is 19.0. The van der Waals surface area contributed by atoms with Gasteiger partial charge in [-0.1, -0.05) is 135 Å². The standard InChI is InChI=1S/C63H98N6O5/c1-51-26-25-27-59(65-51)68(50-63(2,3)35-23-21-19-17-15-13-11-9-7-5-6-8-10-12-14-16-18-20-22-24-42-69-43-39-66(40-44-69)41-45-69)62(72)56-31-30-55(73-4)47-58(56)67-37-33-52(34-38-67)49-74-60-46-54(32-36-64-60)57(48-61(70)71)53-28-29-53/h25-27,30-32,36,46-47,52-53,57H,5-24,28-29,33-35,37-45,48-50H2,1-4H3/p+1/t57-/m0/s1. The highest BCUT2D eigenvalue weighted by Crippen LogP contribution is 2.45. The van der Waals surface area contributed by atoms with Gasteiger partial charge >= 0.3 is 5.97 Å². The van der Waals surface area contributed by atoms with Gasteiger partial charge in [-0.3, -0.25) is 19.4 Å². The normalized spacial score (nSPS) is 19.4. The summed E-state index contributed by atoms with van der Waals surface area (Å²) in [4.78, 5) is 42.9. The fourth-order valence-electron chi connectivity index (χ4n) is 12.5. The minimum atomic E-state index is -0.764. The predicted octanol–water partition coefficient (Wildman–Crippen LogP) is 14.1. The minimum absolute atomic E-state index is 0.00644. The number of ether oxygens (including phenoxy) is 2. The first kappa shape index (κ1) is 57.5. The molecule has 0 unspecified atom stereocenters.